The predicted octanol–water partition coefficient (Wildman–Crippen LogP) is 2.93. The quantitative estimate of drug-likeness (QED) is 0.487. The number of likely N-dealkylation sites (N-methyl/N-ethyl adjacent to an activating group) is 1. The fourth-order valence-corrected chi connectivity index (χ4v) is 1.51. The lowest BCUT2D eigenvalue weighted by molar-refractivity contribution is -0.140. The second-order valence-corrected chi connectivity index (χ2v) is 4.14. The van der Waals surface area contributed by atoms with Crippen LogP contribution in [0.25, 0.3) is 0 Å². The van der Waals surface area contributed by atoms with Crippen molar-refractivity contribution >= 4 is 17.6 Å². The van der Waals surface area contributed by atoms with Crippen LogP contribution in [0.5, 0.6) is 0 Å². The summed E-state index contributed by atoms with van der Waals surface area (Å²) in [5, 5.41) is 0. The number of halogens is 4. The van der Waals surface area contributed by atoms with Crippen LogP contribution in [0.4, 0.5) is 23.2 Å². The molecule has 0 aliphatic rings. The number of alkyl halides is 3. The maximum absolute atomic E-state index is 13.4. The van der Waals surface area contributed by atoms with Gasteiger partial charge in [0.2, 0.25) is 0 Å². The molecular weight excluding hydrogens is 306 g/mol. The second-order valence-electron chi connectivity index (χ2n) is 4.14. The Kier molecular flexibility index (Phi) is 5.67. The van der Waals surface area contributed by atoms with Gasteiger partial charge in [0, 0.05) is 24.9 Å². The number of esters is 1. The van der Waals surface area contributed by atoms with Crippen molar-refractivity contribution in [3.05, 3.63) is 41.7 Å². The molecule has 22 heavy (non-hydrogen) atoms. The molecule has 0 aliphatic carbocycles. The molecular formula is C14H13F4NO3. The Balaban J connectivity index is 2.90. The van der Waals surface area contributed by atoms with Crippen LogP contribution in [-0.2, 0) is 20.5 Å². The van der Waals surface area contributed by atoms with E-state index in [-0.39, 0.29) is 12.3 Å². The van der Waals surface area contributed by atoms with Crippen molar-refractivity contribution in [1.29, 1.82) is 0 Å². The van der Waals surface area contributed by atoms with Gasteiger partial charge in [-0.15, -0.1) is 0 Å². The van der Waals surface area contributed by atoms with E-state index in [0.29, 0.717) is 12.1 Å². The number of hydrogen-bond donors (Lipinski definition) is 0. The largest absolute Gasteiger partial charge is 0.463 e. The number of hydrogen-bond acceptors (Lipinski definition) is 3. The number of carbonyl (C=O) groups is 2. The summed E-state index contributed by atoms with van der Waals surface area (Å²) in [6, 6.07) is 2.10. The predicted molar refractivity (Wildman–Crippen MR) is 70.6 cm³/mol. The van der Waals surface area contributed by atoms with Crippen molar-refractivity contribution in [2.75, 3.05) is 18.6 Å². The van der Waals surface area contributed by atoms with E-state index < -0.39 is 29.4 Å². The molecule has 0 aromatic heterocycles. The van der Waals surface area contributed by atoms with Crippen molar-refractivity contribution in [3.8, 4) is 0 Å². The molecule has 1 aromatic rings. The SMILES string of the molecule is CCOC(=O)/C=C/C(=O)N(C)c1ccc(C(F)(F)F)c(F)c1. The Morgan fingerprint density at radius 3 is 2.41 bits per heavy atom. The summed E-state index contributed by atoms with van der Waals surface area (Å²) >= 11 is 0. The van der Waals surface area contributed by atoms with Gasteiger partial charge in [0.1, 0.15) is 5.82 Å². The first-order valence-corrected chi connectivity index (χ1v) is 6.16. The number of anilines is 1. The van der Waals surface area contributed by atoms with Crippen LogP contribution < -0.4 is 4.90 Å². The molecule has 0 bridgehead atoms. The third kappa shape index (κ3) is 4.57. The Bertz CT molecular complexity index is 596. The van der Waals surface area contributed by atoms with Crippen LogP contribution in [0.2, 0.25) is 0 Å². The first kappa shape index (κ1) is 17.7. The maximum atomic E-state index is 13.4. The molecule has 8 heteroatoms. The lowest BCUT2D eigenvalue weighted by Gasteiger charge is -2.17. The van der Waals surface area contributed by atoms with Gasteiger partial charge in [-0.05, 0) is 25.1 Å². The highest BCUT2D eigenvalue weighted by Crippen LogP contribution is 2.32. The number of amides is 1. The molecule has 0 radical (unpaired) electrons. The van der Waals surface area contributed by atoms with E-state index in [1.54, 1.807) is 6.92 Å². The molecule has 0 unspecified atom stereocenters. The number of carbonyl (C=O) groups excluding carboxylic acids is 2. The lowest BCUT2D eigenvalue weighted by Crippen LogP contribution is -2.24. The molecule has 0 fully saturated rings. The van der Waals surface area contributed by atoms with Gasteiger partial charge in [0.25, 0.3) is 5.91 Å². The fraction of sp³-hybridized carbons (Fsp3) is 0.286. The molecule has 0 atom stereocenters. The van der Waals surface area contributed by atoms with Crippen LogP contribution in [0.1, 0.15) is 12.5 Å². The molecule has 1 amide bonds. The van der Waals surface area contributed by atoms with Crippen LogP contribution in [0.15, 0.2) is 30.4 Å². The molecule has 0 saturated carbocycles. The third-order valence-electron chi connectivity index (χ3n) is 2.62. The van der Waals surface area contributed by atoms with Crippen molar-refractivity contribution in [3.63, 3.8) is 0 Å². The number of nitrogens with zero attached hydrogens (tertiary/aromatic N) is 1. The van der Waals surface area contributed by atoms with Crippen LogP contribution in [0, 0.1) is 5.82 Å². The van der Waals surface area contributed by atoms with Gasteiger partial charge in [-0.2, -0.15) is 13.2 Å². The maximum Gasteiger partial charge on any atom is 0.419 e. The highest BCUT2D eigenvalue weighted by atomic mass is 19.4. The normalized spacial score (nSPS) is 11.5. The molecule has 0 aliphatic heterocycles. The molecule has 0 spiro atoms. The van der Waals surface area contributed by atoms with Crippen LogP contribution in [0.3, 0.4) is 0 Å². The summed E-state index contributed by atoms with van der Waals surface area (Å²) < 4.78 is 55.3. The van der Waals surface area contributed by atoms with Crippen molar-refractivity contribution in [1.82, 2.24) is 0 Å². The standard InChI is InChI=1S/C14H13F4NO3/c1-3-22-13(21)7-6-12(20)19(2)9-4-5-10(11(15)8-9)14(16,17)18/h4-8H,3H2,1-2H3/b7-6+. The van der Waals surface area contributed by atoms with Crippen molar-refractivity contribution < 1.29 is 31.9 Å². The summed E-state index contributed by atoms with van der Waals surface area (Å²) in [7, 11) is 1.24. The first-order chi connectivity index (χ1) is 10.2. The van der Waals surface area contributed by atoms with Gasteiger partial charge in [-0.3, -0.25) is 4.79 Å². The third-order valence-corrected chi connectivity index (χ3v) is 2.62. The average molecular weight is 319 g/mol. The summed E-state index contributed by atoms with van der Waals surface area (Å²) in [5.41, 5.74) is -1.50. The minimum absolute atomic E-state index is 0.0796. The van der Waals surface area contributed by atoms with E-state index >= 15 is 0 Å². The molecule has 4 nitrogen and oxygen atoms in total. The topological polar surface area (TPSA) is 46.6 Å². The van der Waals surface area contributed by atoms with Gasteiger partial charge >= 0.3 is 12.1 Å². The molecule has 0 N–H and O–H groups in total. The number of ether oxygens (including phenoxy) is 1. The molecule has 1 rings (SSSR count). The zero-order chi connectivity index (χ0) is 16.9. The fourth-order valence-electron chi connectivity index (χ4n) is 1.51. The van der Waals surface area contributed by atoms with Gasteiger partial charge < -0.3 is 9.64 Å². The van der Waals surface area contributed by atoms with Crippen molar-refractivity contribution in [2.24, 2.45) is 0 Å². The van der Waals surface area contributed by atoms with E-state index in [1.165, 1.54) is 7.05 Å². The number of rotatable bonds is 4. The smallest absolute Gasteiger partial charge is 0.419 e. The molecule has 1 aromatic carbocycles. The van der Waals surface area contributed by atoms with Crippen LogP contribution >= 0.6 is 0 Å². The monoisotopic (exact) mass is 319 g/mol. The van der Waals surface area contributed by atoms with E-state index in [4.69, 9.17) is 0 Å². The minimum Gasteiger partial charge on any atom is -0.463 e. The second kappa shape index (κ2) is 7.06. The van der Waals surface area contributed by atoms with E-state index in [2.05, 4.69) is 4.74 Å². The van der Waals surface area contributed by atoms with Gasteiger partial charge in [0.15, 0.2) is 0 Å². The van der Waals surface area contributed by atoms with Crippen molar-refractivity contribution in [2.45, 2.75) is 13.1 Å². The Morgan fingerprint density at radius 2 is 1.91 bits per heavy atom. The Hall–Kier alpha value is -2.38. The summed E-state index contributed by atoms with van der Waals surface area (Å²) in [5.74, 6) is -2.94. The summed E-state index contributed by atoms with van der Waals surface area (Å²) in [4.78, 5) is 23.7. The Morgan fingerprint density at radius 1 is 1.27 bits per heavy atom. The van der Waals surface area contributed by atoms with Gasteiger partial charge in [-0.25, -0.2) is 9.18 Å². The first-order valence-electron chi connectivity index (χ1n) is 6.16. The van der Waals surface area contributed by atoms with Crippen LogP contribution in [-0.4, -0.2) is 25.5 Å². The Labute approximate surface area is 124 Å². The number of benzene rings is 1. The average Bonchev–Trinajstić information content (AvgIpc) is 2.42. The molecule has 0 saturated heterocycles. The molecule has 120 valence electrons. The minimum atomic E-state index is -4.81. The molecule has 0 heterocycles. The highest BCUT2D eigenvalue weighted by molar-refractivity contribution is 6.03. The summed E-state index contributed by atoms with van der Waals surface area (Å²) in [6.45, 7) is 1.72. The highest BCUT2D eigenvalue weighted by Gasteiger charge is 2.34. The van der Waals surface area contributed by atoms with Gasteiger partial charge in [-0.1, -0.05) is 0 Å². The zero-order valence-electron chi connectivity index (χ0n) is 11.8. The summed E-state index contributed by atoms with van der Waals surface area (Å²) in [6.07, 6.45) is -3.05. The zero-order valence-corrected chi connectivity index (χ0v) is 11.8. The van der Waals surface area contributed by atoms with E-state index in [1.807, 2.05) is 0 Å². The van der Waals surface area contributed by atoms with E-state index in [9.17, 15) is 27.2 Å². The van der Waals surface area contributed by atoms with E-state index in [0.717, 1.165) is 23.1 Å². The lowest BCUT2D eigenvalue weighted by atomic mass is 10.1. The van der Waals surface area contributed by atoms with Gasteiger partial charge in [0.05, 0.1) is 12.2 Å².